The summed E-state index contributed by atoms with van der Waals surface area (Å²) in [6, 6.07) is 0. The van der Waals surface area contributed by atoms with Crippen molar-refractivity contribution in [2.24, 2.45) is 5.92 Å². The van der Waals surface area contributed by atoms with Crippen LogP contribution in [0, 0.1) is 5.92 Å². The number of aliphatic hydroxyl groups is 1. The van der Waals surface area contributed by atoms with Crippen LogP contribution >= 0.6 is 0 Å². The van der Waals surface area contributed by atoms with Gasteiger partial charge in [-0.05, 0) is 25.7 Å². The number of carbonyl (C=O) groups excluding carboxylic acids is 1. The van der Waals surface area contributed by atoms with Crippen LogP contribution in [0.15, 0.2) is 0 Å². The van der Waals surface area contributed by atoms with Gasteiger partial charge in [0.25, 0.3) is 0 Å². The summed E-state index contributed by atoms with van der Waals surface area (Å²) in [5.74, 6) is 0.353. The van der Waals surface area contributed by atoms with Crippen molar-refractivity contribution >= 4 is 5.91 Å². The lowest BCUT2D eigenvalue weighted by Gasteiger charge is -2.47. The largest absolute Gasteiger partial charge is 0.389 e. The van der Waals surface area contributed by atoms with E-state index in [4.69, 9.17) is 4.74 Å². The zero-order chi connectivity index (χ0) is 13.0. The van der Waals surface area contributed by atoms with Gasteiger partial charge in [-0.3, -0.25) is 4.79 Å². The summed E-state index contributed by atoms with van der Waals surface area (Å²) in [5.41, 5.74) is -0.501. The van der Waals surface area contributed by atoms with Crippen LogP contribution in [0.2, 0.25) is 0 Å². The lowest BCUT2D eigenvalue weighted by molar-refractivity contribution is -0.147. The van der Waals surface area contributed by atoms with Crippen LogP contribution in [0.25, 0.3) is 0 Å². The fourth-order valence-electron chi connectivity index (χ4n) is 3.19. The minimum absolute atomic E-state index is 0.0797. The molecule has 0 aromatic rings. The second-order valence-electron chi connectivity index (χ2n) is 5.69. The summed E-state index contributed by atoms with van der Waals surface area (Å²) in [6.45, 7) is 4.27. The zero-order valence-corrected chi connectivity index (χ0v) is 11.4. The fraction of sp³-hybridized carbons (Fsp3) is 0.929. The van der Waals surface area contributed by atoms with Crippen molar-refractivity contribution in [1.29, 1.82) is 0 Å². The highest BCUT2D eigenvalue weighted by Gasteiger charge is 2.43. The number of rotatable bonds is 4. The van der Waals surface area contributed by atoms with Gasteiger partial charge in [0, 0.05) is 25.6 Å². The van der Waals surface area contributed by atoms with Gasteiger partial charge in [-0.25, -0.2) is 0 Å². The molecule has 4 heteroatoms. The van der Waals surface area contributed by atoms with E-state index in [0.29, 0.717) is 19.7 Å². The predicted molar refractivity (Wildman–Crippen MR) is 69.2 cm³/mol. The molecule has 104 valence electrons. The molecule has 1 heterocycles. The number of piperidine rings is 1. The Bertz CT molecular complexity index is 295. The third-order valence-corrected chi connectivity index (χ3v) is 4.35. The number of fused-ring (bicyclic) bond motifs is 1. The van der Waals surface area contributed by atoms with Crippen molar-refractivity contribution in [3.8, 4) is 0 Å². The Morgan fingerprint density at radius 3 is 3.06 bits per heavy atom. The molecule has 1 saturated carbocycles. The van der Waals surface area contributed by atoms with Crippen LogP contribution in [0.5, 0.6) is 0 Å². The van der Waals surface area contributed by atoms with E-state index in [-0.39, 0.29) is 18.4 Å². The minimum atomic E-state index is -0.501. The number of carbonyl (C=O) groups is 1. The van der Waals surface area contributed by atoms with Crippen molar-refractivity contribution in [3.63, 3.8) is 0 Å². The molecule has 18 heavy (non-hydrogen) atoms. The molecule has 2 atom stereocenters. The molecule has 1 N–H and O–H groups in total. The van der Waals surface area contributed by atoms with Crippen molar-refractivity contribution in [2.45, 2.75) is 51.0 Å². The van der Waals surface area contributed by atoms with E-state index in [1.165, 1.54) is 6.42 Å². The first-order chi connectivity index (χ1) is 8.65. The lowest BCUT2D eigenvalue weighted by atomic mass is 9.71. The molecule has 1 aliphatic carbocycles. The maximum atomic E-state index is 12.0. The van der Waals surface area contributed by atoms with Crippen LogP contribution in [0.1, 0.15) is 45.4 Å². The van der Waals surface area contributed by atoms with Crippen LogP contribution in [-0.4, -0.2) is 47.8 Å². The Morgan fingerprint density at radius 2 is 2.28 bits per heavy atom. The van der Waals surface area contributed by atoms with Gasteiger partial charge >= 0.3 is 0 Å². The maximum absolute atomic E-state index is 12.0. The van der Waals surface area contributed by atoms with Crippen molar-refractivity contribution in [1.82, 2.24) is 4.90 Å². The number of likely N-dealkylation sites (tertiary alicyclic amines) is 1. The summed E-state index contributed by atoms with van der Waals surface area (Å²) >= 11 is 0. The Balaban J connectivity index is 1.84. The molecule has 2 unspecified atom stereocenters. The maximum Gasteiger partial charge on any atom is 0.248 e. The Kier molecular flexibility index (Phi) is 4.62. The number of ether oxygens (including phenoxy) is 1. The second-order valence-corrected chi connectivity index (χ2v) is 5.69. The highest BCUT2D eigenvalue weighted by atomic mass is 16.5. The molecule has 0 aromatic carbocycles. The zero-order valence-electron chi connectivity index (χ0n) is 11.4. The summed E-state index contributed by atoms with van der Waals surface area (Å²) in [6.07, 6.45) is 5.94. The third kappa shape index (κ3) is 3.04. The fourth-order valence-corrected chi connectivity index (χ4v) is 3.19. The SMILES string of the molecule is CCCOCC(=O)N1CCC2(O)CCCCC2C1. The summed E-state index contributed by atoms with van der Waals surface area (Å²) < 4.78 is 5.31. The molecule has 2 aliphatic rings. The highest BCUT2D eigenvalue weighted by molar-refractivity contribution is 5.77. The first kappa shape index (κ1) is 13.8. The molecular formula is C14H25NO3. The molecule has 1 saturated heterocycles. The molecule has 0 bridgehead atoms. The van der Waals surface area contributed by atoms with Gasteiger partial charge in [0.2, 0.25) is 5.91 Å². The van der Waals surface area contributed by atoms with Gasteiger partial charge in [0.1, 0.15) is 6.61 Å². The average Bonchev–Trinajstić information content (AvgIpc) is 2.37. The quantitative estimate of drug-likeness (QED) is 0.776. The van der Waals surface area contributed by atoms with Crippen molar-refractivity contribution in [3.05, 3.63) is 0 Å². The summed E-state index contributed by atoms with van der Waals surface area (Å²) in [7, 11) is 0. The van der Waals surface area contributed by atoms with E-state index < -0.39 is 5.60 Å². The van der Waals surface area contributed by atoms with E-state index in [2.05, 4.69) is 0 Å². The molecular weight excluding hydrogens is 230 g/mol. The van der Waals surface area contributed by atoms with Crippen LogP contribution < -0.4 is 0 Å². The molecule has 1 amide bonds. The van der Waals surface area contributed by atoms with Gasteiger partial charge in [-0.2, -0.15) is 0 Å². The smallest absolute Gasteiger partial charge is 0.248 e. The molecule has 2 fully saturated rings. The lowest BCUT2D eigenvalue weighted by Crippen LogP contribution is -2.55. The van der Waals surface area contributed by atoms with E-state index >= 15 is 0 Å². The summed E-state index contributed by atoms with van der Waals surface area (Å²) in [4.78, 5) is 13.8. The number of hydrogen-bond donors (Lipinski definition) is 1. The first-order valence-electron chi connectivity index (χ1n) is 7.23. The van der Waals surface area contributed by atoms with E-state index in [1.807, 2.05) is 11.8 Å². The molecule has 1 aliphatic heterocycles. The van der Waals surface area contributed by atoms with E-state index in [1.54, 1.807) is 0 Å². The predicted octanol–water partition coefficient (Wildman–Crippen LogP) is 1.57. The van der Waals surface area contributed by atoms with Crippen molar-refractivity contribution in [2.75, 3.05) is 26.3 Å². The second kappa shape index (κ2) is 6.02. The average molecular weight is 255 g/mol. The van der Waals surface area contributed by atoms with Gasteiger partial charge in [0.15, 0.2) is 0 Å². The molecule has 0 aromatic heterocycles. The molecule has 0 radical (unpaired) electrons. The van der Waals surface area contributed by atoms with Gasteiger partial charge < -0.3 is 14.7 Å². The van der Waals surface area contributed by atoms with Crippen LogP contribution in [-0.2, 0) is 9.53 Å². The number of amides is 1. The monoisotopic (exact) mass is 255 g/mol. The van der Waals surface area contributed by atoms with Gasteiger partial charge in [0.05, 0.1) is 5.60 Å². The molecule has 0 spiro atoms. The minimum Gasteiger partial charge on any atom is -0.389 e. The Hall–Kier alpha value is -0.610. The normalized spacial score (nSPS) is 32.1. The number of nitrogens with zero attached hydrogens (tertiary/aromatic N) is 1. The standard InChI is InChI=1S/C14H25NO3/c1-2-9-18-11-13(16)15-8-7-14(17)6-4-3-5-12(14)10-15/h12,17H,2-11H2,1H3. The molecule has 4 nitrogen and oxygen atoms in total. The van der Waals surface area contributed by atoms with Crippen LogP contribution in [0.4, 0.5) is 0 Å². The summed E-state index contributed by atoms with van der Waals surface area (Å²) in [5, 5.41) is 10.5. The third-order valence-electron chi connectivity index (χ3n) is 4.35. The Labute approximate surface area is 109 Å². The molecule has 2 rings (SSSR count). The van der Waals surface area contributed by atoms with Crippen molar-refractivity contribution < 1.29 is 14.6 Å². The number of hydrogen-bond acceptors (Lipinski definition) is 3. The van der Waals surface area contributed by atoms with E-state index in [0.717, 1.165) is 32.1 Å². The van der Waals surface area contributed by atoms with Gasteiger partial charge in [-0.1, -0.05) is 19.8 Å². The Morgan fingerprint density at radius 1 is 1.44 bits per heavy atom. The van der Waals surface area contributed by atoms with Gasteiger partial charge in [-0.15, -0.1) is 0 Å². The van der Waals surface area contributed by atoms with Crippen LogP contribution in [0.3, 0.4) is 0 Å². The first-order valence-corrected chi connectivity index (χ1v) is 7.23. The highest BCUT2D eigenvalue weighted by Crippen LogP contribution is 2.39. The van der Waals surface area contributed by atoms with E-state index in [9.17, 15) is 9.90 Å². The topological polar surface area (TPSA) is 49.8 Å².